The van der Waals surface area contributed by atoms with E-state index in [1.165, 1.54) is 16.3 Å². The molecule has 204 valence electrons. The molecule has 4 N–H and O–H groups in total. The van der Waals surface area contributed by atoms with Gasteiger partial charge in [-0.2, -0.15) is 0 Å². The van der Waals surface area contributed by atoms with Crippen molar-refractivity contribution in [1.29, 1.82) is 0 Å². The minimum Gasteiger partial charge on any atom is -0.456 e. The maximum absolute atomic E-state index is 6.41. The van der Waals surface area contributed by atoms with Crippen LogP contribution in [0, 0.1) is 0 Å². The summed E-state index contributed by atoms with van der Waals surface area (Å²) in [5.41, 5.74) is 23.9. The molecule has 0 fully saturated rings. The fourth-order valence-corrected chi connectivity index (χ4v) is 5.62. The molecule has 0 aliphatic rings. The molecular formula is C36H38N2O2. The number of furan rings is 2. The van der Waals surface area contributed by atoms with Gasteiger partial charge in [-0.25, -0.2) is 0 Å². The van der Waals surface area contributed by atoms with E-state index in [2.05, 4.69) is 71.2 Å². The van der Waals surface area contributed by atoms with Gasteiger partial charge >= 0.3 is 0 Å². The normalized spacial score (nSPS) is 11.6. The largest absolute Gasteiger partial charge is 0.456 e. The number of hydrogen-bond donors (Lipinski definition) is 2. The van der Waals surface area contributed by atoms with Crippen LogP contribution in [-0.4, -0.2) is 0 Å². The zero-order valence-corrected chi connectivity index (χ0v) is 24.3. The van der Waals surface area contributed by atoms with Crippen molar-refractivity contribution in [3.8, 4) is 0 Å². The maximum atomic E-state index is 6.41. The van der Waals surface area contributed by atoms with E-state index >= 15 is 0 Å². The molecular weight excluding hydrogens is 492 g/mol. The summed E-state index contributed by atoms with van der Waals surface area (Å²) in [5, 5.41) is 4.51. The second-order valence-electron chi connectivity index (χ2n) is 11.3. The van der Waals surface area contributed by atoms with Crippen molar-refractivity contribution in [2.24, 2.45) is 0 Å². The minimum absolute atomic E-state index is 0.344. The fraction of sp³-hybridized carbons (Fsp3) is 0.222. The molecule has 4 heteroatoms. The monoisotopic (exact) mass is 530 g/mol. The van der Waals surface area contributed by atoms with E-state index in [-0.39, 0.29) is 0 Å². The first-order valence-corrected chi connectivity index (χ1v) is 13.8. The molecule has 4 nitrogen and oxygen atoms in total. The number of nitrogen functional groups attached to an aromatic ring is 2. The smallest absolute Gasteiger partial charge is 0.144 e. The number of hydrogen-bond acceptors (Lipinski definition) is 4. The van der Waals surface area contributed by atoms with Crippen molar-refractivity contribution in [2.75, 3.05) is 11.5 Å². The van der Waals surface area contributed by atoms with E-state index in [0.717, 1.165) is 66.6 Å². The lowest BCUT2D eigenvalue weighted by atomic mass is 9.90. The molecule has 40 heavy (non-hydrogen) atoms. The first-order chi connectivity index (χ1) is 19.0. The predicted molar refractivity (Wildman–Crippen MR) is 174 cm³/mol. The van der Waals surface area contributed by atoms with Gasteiger partial charge in [-0.15, -0.1) is 0 Å². The minimum atomic E-state index is 0.344. The average molecular weight is 531 g/mol. The van der Waals surface area contributed by atoms with Crippen LogP contribution in [0.4, 0.5) is 11.4 Å². The van der Waals surface area contributed by atoms with Crippen LogP contribution < -0.4 is 11.5 Å². The van der Waals surface area contributed by atoms with Crippen LogP contribution in [0.5, 0.6) is 0 Å². The van der Waals surface area contributed by atoms with E-state index in [9.17, 15) is 0 Å². The highest BCUT2D eigenvalue weighted by Gasteiger charge is 2.20. The van der Waals surface area contributed by atoms with E-state index < -0.39 is 0 Å². The molecule has 2 heterocycles. The van der Waals surface area contributed by atoms with Crippen LogP contribution in [0.25, 0.3) is 55.0 Å². The van der Waals surface area contributed by atoms with Gasteiger partial charge in [-0.05, 0) is 66.7 Å². The summed E-state index contributed by atoms with van der Waals surface area (Å²) in [6.07, 6.45) is 0. The molecule has 6 rings (SSSR count). The molecule has 0 atom stereocenters. The third-order valence-electron chi connectivity index (χ3n) is 7.57. The highest BCUT2D eigenvalue weighted by atomic mass is 16.3. The summed E-state index contributed by atoms with van der Waals surface area (Å²) in [4.78, 5) is 0. The Morgan fingerprint density at radius 1 is 0.650 bits per heavy atom. The van der Waals surface area contributed by atoms with E-state index in [0.29, 0.717) is 17.5 Å². The van der Waals surface area contributed by atoms with Crippen LogP contribution in [0.15, 0.2) is 82.7 Å². The standard InChI is InChI=1S/C18H21NO.C18H17NO/c2*1-10(2)13-9-14-12-7-5-6-8-15(12)20-18(14)16(11(3)4)17(13)19/h5-11H,19H2,1-4H3;5-9H,1,3,19H2,2,4H3. The number of rotatable bonds is 4. The van der Waals surface area contributed by atoms with E-state index in [1.807, 2.05) is 44.2 Å². The second kappa shape index (κ2) is 10.3. The zero-order valence-electron chi connectivity index (χ0n) is 24.3. The van der Waals surface area contributed by atoms with Crippen molar-refractivity contribution in [3.05, 3.63) is 96.1 Å². The number of anilines is 2. The van der Waals surface area contributed by atoms with Crippen molar-refractivity contribution in [3.63, 3.8) is 0 Å². The first kappa shape index (κ1) is 27.1. The molecule has 0 bridgehead atoms. The molecule has 0 spiro atoms. The number of benzene rings is 4. The van der Waals surface area contributed by atoms with Crippen molar-refractivity contribution in [1.82, 2.24) is 0 Å². The van der Waals surface area contributed by atoms with Crippen molar-refractivity contribution in [2.45, 2.75) is 53.4 Å². The highest BCUT2D eigenvalue weighted by molar-refractivity contribution is 6.12. The van der Waals surface area contributed by atoms with Gasteiger partial charge in [0.25, 0.3) is 0 Å². The van der Waals surface area contributed by atoms with Gasteiger partial charge in [0.1, 0.15) is 22.3 Å². The van der Waals surface area contributed by atoms with Gasteiger partial charge in [0.15, 0.2) is 0 Å². The number of fused-ring (bicyclic) bond motifs is 6. The van der Waals surface area contributed by atoms with Gasteiger partial charge in [-0.1, -0.05) is 77.3 Å². The van der Waals surface area contributed by atoms with Gasteiger partial charge < -0.3 is 20.3 Å². The number of allylic oxidation sites excluding steroid dienone is 2. The quantitative estimate of drug-likeness (QED) is 0.222. The Bertz CT molecular complexity index is 1930. The maximum Gasteiger partial charge on any atom is 0.144 e. The Hall–Kier alpha value is -4.44. The van der Waals surface area contributed by atoms with E-state index in [1.54, 1.807) is 0 Å². The molecule has 0 aliphatic carbocycles. The van der Waals surface area contributed by atoms with E-state index in [4.69, 9.17) is 20.3 Å². The van der Waals surface area contributed by atoms with Crippen molar-refractivity contribution < 1.29 is 8.83 Å². The summed E-state index contributed by atoms with van der Waals surface area (Å²) in [6, 6.07) is 20.5. The Labute approximate surface area is 235 Å². The summed E-state index contributed by atoms with van der Waals surface area (Å²) in [6.45, 7) is 20.7. The molecule has 4 aromatic carbocycles. The summed E-state index contributed by atoms with van der Waals surface area (Å²) in [5.74, 6) is 0.752. The molecule has 0 unspecified atom stereocenters. The molecule has 0 aliphatic heterocycles. The second-order valence-corrected chi connectivity index (χ2v) is 11.3. The van der Waals surface area contributed by atoms with Crippen LogP contribution >= 0.6 is 0 Å². The molecule has 0 saturated carbocycles. The van der Waals surface area contributed by atoms with Crippen LogP contribution in [0.1, 0.15) is 75.6 Å². The van der Waals surface area contributed by atoms with Gasteiger partial charge in [-0.3, -0.25) is 0 Å². The lowest BCUT2D eigenvalue weighted by Gasteiger charge is -2.16. The molecule has 0 radical (unpaired) electrons. The first-order valence-electron chi connectivity index (χ1n) is 13.8. The fourth-order valence-electron chi connectivity index (χ4n) is 5.62. The van der Waals surface area contributed by atoms with Gasteiger partial charge in [0, 0.05) is 43.9 Å². The SMILES string of the molecule is C=C(C)c1cc2c(oc3ccccc32)c(C(=C)C)c1N.CC(C)c1cc2c(oc3ccccc32)c(C(C)C)c1N. The molecule has 2 aromatic heterocycles. The molecule has 6 aromatic rings. The number of para-hydroxylation sites is 2. The molecule has 0 amide bonds. The lowest BCUT2D eigenvalue weighted by molar-refractivity contribution is 0.657. The average Bonchev–Trinajstić information content (AvgIpc) is 3.45. The van der Waals surface area contributed by atoms with Crippen LogP contribution in [-0.2, 0) is 0 Å². The van der Waals surface area contributed by atoms with Crippen molar-refractivity contribution >= 4 is 66.4 Å². The zero-order chi connectivity index (χ0) is 28.9. The Morgan fingerprint density at radius 3 is 1.68 bits per heavy atom. The predicted octanol–water partition coefficient (Wildman–Crippen LogP) is 10.6. The third kappa shape index (κ3) is 4.44. The highest BCUT2D eigenvalue weighted by Crippen LogP contribution is 2.42. The Kier molecular flexibility index (Phi) is 6.97. The van der Waals surface area contributed by atoms with Crippen LogP contribution in [0.2, 0.25) is 0 Å². The third-order valence-corrected chi connectivity index (χ3v) is 7.57. The molecule has 0 saturated heterocycles. The number of nitrogens with two attached hydrogens (primary N) is 2. The van der Waals surface area contributed by atoms with Crippen LogP contribution in [0.3, 0.4) is 0 Å². The summed E-state index contributed by atoms with van der Waals surface area (Å²) >= 11 is 0. The lowest BCUT2D eigenvalue weighted by Crippen LogP contribution is -2.03. The Balaban J connectivity index is 0.000000161. The van der Waals surface area contributed by atoms with Gasteiger partial charge in [0.2, 0.25) is 0 Å². The Morgan fingerprint density at radius 2 is 1.18 bits per heavy atom. The topological polar surface area (TPSA) is 78.3 Å². The van der Waals surface area contributed by atoms with Gasteiger partial charge in [0.05, 0.1) is 5.69 Å². The summed E-state index contributed by atoms with van der Waals surface area (Å²) in [7, 11) is 0. The summed E-state index contributed by atoms with van der Waals surface area (Å²) < 4.78 is 12.1.